The summed E-state index contributed by atoms with van der Waals surface area (Å²) in [5.41, 5.74) is 4.41. The smallest absolute Gasteiger partial charge is 0.243 e. The van der Waals surface area contributed by atoms with Crippen LogP contribution in [-0.2, 0) is 26.0 Å². The lowest BCUT2D eigenvalue weighted by Crippen LogP contribution is -2.40. The number of ether oxygens (including phenoxy) is 1. The number of carbonyl (C=O) groups is 1. The zero-order valence-corrected chi connectivity index (χ0v) is 21.5. The van der Waals surface area contributed by atoms with Crippen LogP contribution in [0.4, 0.5) is 10.1 Å². The second-order valence-corrected chi connectivity index (χ2v) is 11.4. The minimum Gasteiger partial charge on any atom is -0.378 e. The zero-order valence-electron chi connectivity index (χ0n) is 20.7. The largest absolute Gasteiger partial charge is 0.378 e. The number of hydrogen-bond acceptors (Lipinski definition) is 5. The van der Waals surface area contributed by atoms with E-state index in [-0.39, 0.29) is 17.1 Å². The van der Waals surface area contributed by atoms with Gasteiger partial charge in [-0.2, -0.15) is 4.31 Å². The van der Waals surface area contributed by atoms with Gasteiger partial charge >= 0.3 is 0 Å². The van der Waals surface area contributed by atoms with Gasteiger partial charge in [0.2, 0.25) is 10.0 Å². The average molecular weight is 523 g/mol. The van der Waals surface area contributed by atoms with E-state index in [1.54, 1.807) is 0 Å². The molecule has 0 N–H and O–H groups in total. The third-order valence-corrected chi connectivity index (χ3v) is 9.08. The second-order valence-electron chi connectivity index (χ2n) is 9.54. The van der Waals surface area contributed by atoms with Crippen LogP contribution >= 0.6 is 0 Å². The fraction of sp³-hybridized carbons (Fsp3) is 0.345. The Balaban J connectivity index is 1.23. The summed E-state index contributed by atoms with van der Waals surface area (Å²) < 4.78 is 46.2. The van der Waals surface area contributed by atoms with Crippen LogP contribution in [0.5, 0.6) is 0 Å². The number of sulfonamides is 1. The first-order chi connectivity index (χ1) is 17.9. The van der Waals surface area contributed by atoms with Crippen molar-refractivity contribution in [1.29, 1.82) is 0 Å². The quantitative estimate of drug-likeness (QED) is 0.430. The van der Waals surface area contributed by atoms with Gasteiger partial charge in [0.05, 0.1) is 24.2 Å². The number of benzene rings is 3. The Morgan fingerprint density at radius 3 is 2.38 bits per heavy atom. The van der Waals surface area contributed by atoms with Crippen molar-refractivity contribution in [3.8, 4) is 11.1 Å². The molecule has 0 saturated carbocycles. The van der Waals surface area contributed by atoms with Crippen LogP contribution in [0.15, 0.2) is 77.7 Å². The summed E-state index contributed by atoms with van der Waals surface area (Å²) in [5, 5.41) is 0. The third-order valence-electron chi connectivity index (χ3n) is 7.16. The zero-order chi connectivity index (χ0) is 25.8. The third kappa shape index (κ3) is 5.76. The molecule has 3 aromatic carbocycles. The van der Waals surface area contributed by atoms with E-state index in [9.17, 15) is 17.6 Å². The number of nitrogens with zero attached hydrogens (tertiary/aromatic N) is 2. The van der Waals surface area contributed by atoms with Crippen LogP contribution in [0.1, 0.15) is 24.8 Å². The topological polar surface area (TPSA) is 66.9 Å². The SMILES string of the molecule is O=C(CCc1cccc(-c2ccc(N3CCOCC3)cc2)c1)[C@@H]1CCCN1S(=O)(=O)c1ccc(F)cc1. The molecule has 0 amide bonds. The van der Waals surface area contributed by atoms with Crippen LogP contribution in [-0.4, -0.2) is 57.4 Å². The van der Waals surface area contributed by atoms with Gasteiger partial charge in [0.25, 0.3) is 0 Å². The highest BCUT2D eigenvalue weighted by molar-refractivity contribution is 7.89. The number of hydrogen-bond donors (Lipinski definition) is 0. The fourth-order valence-corrected chi connectivity index (χ4v) is 6.80. The predicted octanol–water partition coefficient (Wildman–Crippen LogP) is 4.68. The molecule has 0 radical (unpaired) electrons. The van der Waals surface area contributed by atoms with E-state index in [1.165, 1.54) is 22.1 Å². The van der Waals surface area contributed by atoms with Crippen LogP contribution in [0.25, 0.3) is 11.1 Å². The van der Waals surface area contributed by atoms with Crippen LogP contribution in [0.2, 0.25) is 0 Å². The molecule has 5 rings (SSSR count). The van der Waals surface area contributed by atoms with Gasteiger partial charge in [-0.1, -0.05) is 36.4 Å². The van der Waals surface area contributed by atoms with Crippen LogP contribution in [0.3, 0.4) is 0 Å². The highest BCUT2D eigenvalue weighted by Gasteiger charge is 2.38. The molecule has 0 unspecified atom stereocenters. The lowest BCUT2D eigenvalue weighted by Gasteiger charge is -2.28. The van der Waals surface area contributed by atoms with E-state index in [0.29, 0.717) is 25.8 Å². The Morgan fingerprint density at radius 1 is 0.919 bits per heavy atom. The van der Waals surface area contributed by atoms with Gasteiger partial charge in [-0.05, 0) is 72.4 Å². The summed E-state index contributed by atoms with van der Waals surface area (Å²) in [4.78, 5) is 15.5. The molecule has 37 heavy (non-hydrogen) atoms. The summed E-state index contributed by atoms with van der Waals surface area (Å²) >= 11 is 0. The van der Waals surface area contributed by atoms with E-state index in [4.69, 9.17) is 4.74 Å². The number of carbonyl (C=O) groups excluding carboxylic acids is 1. The molecule has 2 heterocycles. The van der Waals surface area contributed by atoms with Crippen LogP contribution < -0.4 is 4.90 Å². The van der Waals surface area contributed by atoms with Crippen molar-refractivity contribution in [3.63, 3.8) is 0 Å². The lowest BCUT2D eigenvalue weighted by atomic mass is 9.98. The molecule has 2 fully saturated rings. The molecule has 0 spiro atoms. The molecule has 0 aromatic heterocycles. The summed E-state index contributed by atoms with van der Waals surface area (Å²) in [5.74, 6) is -0.577. The van der Waals surface area contributed by atoms with Crippen molar-refractivity contribution >= 4 is 21.5 Å². The molecule has 6 nitrogen and oxygen atoms in total. The standard InChI is InChI=1S/C29H31FN2O4S/c30-25-9-13-27(14-10-25)37(34,35)32-16-2-5-28(32)29(33)15-6-22-3-1-4-24(21-22)23-7-11-26(12-8-23)31-17-19-36-20-18-31/h1,3-4,7-14,21,28H,2,5-6,15-20H2/t28-/m0/s1. The molecular weight excluding hydrogens is 491 g/mol. The average Bonchev–Trinajstić information content (AvgIpc) is 3.44. The summed E-state index contributed by atoms with van der Waals surface area (Å²) in [6.45, 7) is 3.59. The first-order valence-corrected chi connectivity index (χ1v) is 14.2. The van der Waals surface area contributed by atoms with Crippen LogP contribution in [0, 0.1) is 5.82 Å². The van der Waals surface area contributed by atoms with Gasteiger partial charge in [0.15, 0.2) is 5.78 Å². The number of halogens is 1. The second kappa shape index (κ2) is 11.1. The molecule has 2 aliphatic rings. The Bertz CT molecular complexity index is 1340. The lowest BCUT2D eigenvalue weighted by molar-refractivity contribution is -0.122. The van der Waals surface area contributed by atoms with E-state index < -0.39 is 21.9 Å². The van der Waals surface area contributed by atoms with E-state index in [1.807, 2.05) is 12.1 Å². The maximum absolute atomic E-state index is 13.3. The van der Waals surface area contributed by atoms with Gasteiger partial charge in [0, 0.05) is 31.7 Å². The van der Waals surface area contributed by atoms with Crippen molar-refractivity contribution in [1.82, 2.24) is 4.31 Å². The number of ketones is 1. The highest BCUT2D eigenvalue weighted by atomic mass is 32.2. The molecule has 8 heteroatoms. The summed E-state index contributed by atoms with van der Waals surface area (Å²) in [6, 6.07) is 20.7. The molecule has 194 valence electrons. The first-order valence-electron chi connectivity index (χ1n) is 12.7. The van der Waals surface area contributed by atoms with Gasteiger partial charge in [-0.3, -0.25) is 4.79 Å². The number of anilines is 1. The first kappa shape index (κ1) is 25.6. The van der Waals surface area contributed by atoms with E-state index >= 15 is 0 Å². The van der Waals surface area contributed by atoms with Gasteiger partial charge in [-0.15, -0.1) is 0 Å². The molecule has 0 bridgehead atoms. The number of morpholine rings is 1. The summed E-state index contributed by atoms with van der Waals surface area (Å²) in [6.07, 6.45) is 1.94. The van der Waals surface area contributed by atoms with Crippen molar-refractivity contribution in [2.45, 2.75) is 36.6 Å². The predicted molar refractivity (Wildman–Crippen MR) is 142 cm³/mol. The minimum absolute atomic E-state index is 0.0148. The molecule has 3 aromatic rings. The molecule has 0 aliphatic carbocycles. The Hall–Kier alpha value is -3.07. The molecule has 1 atom stereocenters. The van der Waals surface area contributed by atoms with Gasteiger partial charge in [-0.25, -0.2) is 12.8 Å². The Morgan fingerprint density at radius 2 is 1.65 bits per heavy atom. The Labute approximate surface area is 217 Å². The Kier molecular flexibility index (Phi) is 7.69. The molecule has 2 aliphatic heterocycles. The van der Waals surface area contributed by atoms with Crippen molar-refractivity contribution in [2.75, 3.05) is 37.7 Å². The number of aryl methyl sites for hydroxylation is 1. The van der Waals surface area contributed by atoms with Crippen molar-refractivity contribution in [3.05, 3.63) is 84.2 Å². The number of rotatable bonds is 8. The maximum Gasteiger partial charge on any atom is 0.243 e. The van der Waals surface area contributed by atoms with Gasteiger partial charge < -0.3 is 9.64 Å². The van der Waals surface area contributed by atoms with Crippen molar-refractivity contribution < 1.29 is 22.3 Å². The fourth-order valence-electron chi connectivity index (χ4n) is 5.12. The summed E-state index contributed by atoms with van der Waals surface area (Å²) in [7, 11) is -3.85. The maximum atomic E-state index is 13.3. The normalized spacial score (nSPS) is 18.7. The highest BCUT2D eigenvalue weighted by Crippen LogP contribution is 2.29. The molecule has 2 saturated heterocycles. The minimum atomic E-state index is -3.85. The van der Waals surface area contributed by atoms with E-state index in [0.717, 1.165) is 55.1 Å². The monoisotopic (exact) mass is 522 g/mol. The number of Topliss-reactive ketones (excluding diaryl/α,β-unsaturated/α-hetero) is 1. The van der Waals surface area contributed by atoms with Gasteiger partial charge in [0.1, 0.15) is 5.82 Å². The molecular formula is C29H31FN2O4S. The van der Waals surface area contributed by atoms with E-state index in [2.05, 4.69) is 41.3 Å². The van der Waals surface area contributed by atoms with Crippen molar-refractivity contribution in [2.24, 2.45) is 0 Å².